The maximum absolute atomic E-state index is 14.6. The molecule has 5 heteroatoms. The zero-order chi connectivity index (χ0) is 24.1. The van der Waals surface area contributed by atoms with Gasteiger partial charge in [0.15, 0.2) is 11.6 Å². The Balaban J connectivity index is 2.01. The van der Waals surface area contributed by atoms with E-state index in [1.54, 1.807) is 13.0 Å². The van der Waals surface area contributed by atoms with E-state index in [1.807, 2.05) is 0 Å². The first-order chi connectivity index (χ1) is 14.9. The van der Waals surface area contributed by atoms with Gasteiger partial charge in [0.25, 0.3) is 0 Å². The molecule has 1 fully saturated rings. The van der Waals surface area contributed by atoms with Gasteiger partial charge in [-0.25, -0.2) is 4.39 Å². The van der Waals surface area contributed by atoms with E-state index in [1.165, 1.54) is 25.0 Å². The fourth-order valence-electron chi connectivity index (χ4n) is 4.31. The summed E-state index contributed by atoms with van der Waals surface area (Å²) in [6.45, 7) is 17.8. The summed E-state index contributed by atoms with van der Waals surface area (Å²) >= 11 is 0. The summed E-state index contributed by atoms with van der Waals surface area (Å²) < 4.78 is 62.6. The van der Waals surface area contributed by atoms with Crippen LogP contribution in [0.1, 0.15) is 58.8 Å². The van der Waals surface area contributed by atoms with Gasteiger partial charge in [-0.3, -0.25) is 0 Å². The molecule has 2 aliphatic carbocycles. The van der Waals surface area contributed by atoms with Gasteiger partial charge in [-0.05, 0) is 62.4 Å². The van der Waals surface area contributed by atoms with Crippen LogP contribution in [-0.4, -0.2) is 6.11 Å². The van der Waals surface area contributed by atoms with Crippen molar-refractivity contribution in [3.05, 3.63) is 84.2 Å². The minimum absolute atomic E-state index is 0.0818. The predicted molar refractivity (Wildman–Crippen MR) is 123 cm³/mol. The summed E-state index contributed by atoms with van der Waals surface area (Å²) in [4.78, 5) is 0. The molecule has 0 aromatic carbocycles. The van der Waals surface area contributed by atoms with Crippen molar-refractivity contribution in [2.24, 2.45) is 17.8 Å². The van der Waals surface area contributed by atoms with Crippen molar-refractivity contribution in [1.82, 2.24) is 0 Å². The average Bonchev–Trinajstić information content (AvgIpc) is 2.76. The van der Waals surface area contributed by atoms with Crippen LogP contribution in [0.4, 0.5) is 17.6 Å². The highest BCUT2D eigenvalue weighted by Gasteiger charge is 2.40. The normalized spacial score (nSPS) is 25.1. The molecule has 1 nitrogen and oxygen atoms in total. The fourth-order valence-corrected chi connectivity index (χ4v) is 4.31. The maximum Gasteiger partial charge on any atom is 0.422 e. The molecule has 0 aromatic rings. The number of allylic oxidation sites excluding steroid dienone is 8. The number of halogens is 4. The van der Waals surface area contributed by atoms with Crippen LogP contribution in [0.15, 0.2) is 84.2 Å². The largest absolute Gasteiger partial charge is 0.427 e. The van der Waals surface area contributed by atoms with Gasteiger partial charge >= 0.3 is 6.11 Å². The summed E-state index contributed by atoms with van der Waals surface area (Å²) in [7, 11) is 0. The number of ether oxygens (including phenoxy) is 1. The smallest absolute Gasteiger partial charge is 0.422 e. The monoisotopic (exact) mass is 450 g/mol. The lowest BCUT2D eigenvalue weighted by Crippen LogP contribution is -2.28. The molecule has 0 bridgehead atoms. The molecule has 32 heavy (non-hydrogen) atoms. The lowest BCUT2D eigenvalue weighted by atomic mass is 9.72. The Bertz CT molecular complexity index is 851. The van der Waals surface area contributed by atoms with E-state index in [4.69, 9.17) is 0 Å². The Morgan fingerprint density at radius 2 is 1.59 bits per heavy atom. The van der Waals surface area contributed by atoms with Gasteiger partial charge in [0.1, 0.15) is 0 Å². The Morgan fingerprint density at radius 3 is 2.12 bits per heavy atom. The van der Waals surface area contributed by atoms with Crippen LogP contribution in [0.5, 0.6) is 0 Å². The Morgan fingerprint density at radius 1 is 0.969 bits per heavy atom. The predicted octanol–water partition coefficient (Wildman–Crippen LogP) is 9.06. The van der Waals surface area contributed by atoms with Crippen LogP contribution in [0.25, 0.3) is 0 Å². The van der Waals surface area contributed by atoms with Gasteiger partial charge < -0.3 is 4.74 Å². The summed E-state index contributed by atoms with van der Waals surface area (Å²) in [5, 5.41) is 0. The highest BCUT2D eigenvalue weighted by Crippen LogP contribution is 2.43. The zero-order valence-corrected chi connectivity index (χ0v) is 19.2. The summed E-state index contributed by atoms with van der Waals surface area (Å²) in [5.74, 6) is -2.43. The fraction of sp³-hybridized carbons (Fsp3) is 0.481. The minimum Gasteiger partial charge on any atom is -0.427 e. The second-order valence-corrected chi connectivity index (χ2v) is 9.14. The molecule has 1 atom stereocenters. The molecular weight excluding hydrogens is 416 g/mol. The second-order valence-electron chi connectivity index (χ2n) is 9.14. The van der Waals surface area contributed by atoms with Crippen LogP contribution in [-0.2, 0) is 4.74 Å². The molecular formula is C27H34F4O. The van der Waals surface area contributed by atoms with Crippen molar-refractivity contribution >= 4 is 0 Å². The number of rotatable bonds is 9. The van der Waals surface area contributed by atoms with E-state index in [-0.39, 0.29) is 23.1 Å². The third-order valence-electron chi connectivity index (χ3n) is 6.46. The summed E-state index contributed by atoms with van der Waals surface area (Å²) in [6.07, 6.45) is 6.74. The lowest BCUT2D eigenvalue weighted by Gasteiger charge is -2.35. The van der Waals surface area contributed by atoms with E-state index in [0.717, 1.165) is 18.8 Å². The van der Waals surface area contributed by atoms with Gasteiger partial charge in [0, 0.05) is 11.1 Å². The van der Waals surface area contributed by atoms with Crippen LogP contribution in [0.2, 0.25) is 0 Å². The lowest BCUT2D eigenvalue weighted by molar-refractivity contribution is -0.184. The van der Waals surface area contributed by atoms with E-state index in [2.05, 4.69) is 38.0 Å². The van der Waals surface area contributed by atoms with E-state index >= 15 is 0 Å². The molecule has 176 valence electrons. The number of hydrogen-bond acceptors (Lipinski definition) is 1. The first-order valence-electron chi connectivity index (χ1n) is 11.1. The molecule has 2 rings (SSSR count). The van der Waals surface area contributed by atoms with Crippen molar-refractivity contribution < 1.29 is 22.3 Å². The Labute approximate surface area is 189 Å². The Kier molecular flexibility index (Phi) is 8.94. The quantitative estimate of drug-likeness (QED) is 0.147. The highest BCUT2D eigenvalue weighted by molar-refractivity contribution is 5.49. The minimum atomic E-state index is -3.75. The third kappa shape index (κ3) is 6.85. The van der Waals surface area contributed by atoms with Crippen molar-refractivity contribution in [1.29, 1.82) is 0 Å². The van der Waals surface area contributed by atoms with Gasteiger partial charge in [-0.2, -0.15) is 13.2 Å². The molecule has 0 aromatic heterocycles. The molecule has 0 spiro atoms. The summed E-state index contributed by atoms with van der Waals surface area (Å²) in [6, 6.07) is 0. The van der Waals surface area contributed by atoms with E-state index in [0.29, 0.717) is 30.3 Å². The third-order valence-corrected chi connectivity index (χ3v) is 6.46. The SMILES string of the molecule is C=C(C)/C=C\C(=C)C(=C)/C(F)=C(/F)C(=C)OC(F)(F)C1=CCC(C2CCC(C)CC2)CC1. The maximum atomic E-state index is 14.6. The van der Waals surface area contributed by atoms with Crippen LogP contribution >= 0.6 is 0 Å². The molecule has 0 N–H and O–H groups in total. The highest BCUT2D eigenvalue weighted by atomic mass is 19.3. The Hall–Kier alpha value is -2.30. The first kappa shape index (κ1) is 26.0. The van der Waals surface area contributed by atoms with E-state index < -0.39 is 23.5 Å². The average molecular weight is 451 g/mol. The van der Waals surface area contributed by atoms with Gasteiger partial charge in [0.05, 0.1) is 0 Å². The standard InChI is InChI=1S/C27H34F4O/c1-17(2)7-10-19(4)20(5)25(28)26(29)21(6)32-27(30,31)24-15-13-23(14-16-24)22-11-8-18(3)9-12-22/h7,10,15,18,22-23H,1,4-6,8-9,11-14,16H2,2-3H3/b10-7-,26-25-. The van der Waals surface area contributed by atoms with Crippen LogP contribution in [0.3, 0.4) is 0 Å². The molecule has 0 heterocycles. The van der Waals surface area contributed by atoms with Crippen molar-refractivity contribution in [2.45, 2.75) is 64.9 Å². The number of alkyl halides is 2. The van der Waals surface area contributed by atoms with Gasteiger partial charge in [-0.15, -0.1) is 0 Å². The molecule has 1 unspecified atom stereocenters. The molecule has 0 aliphatic heterocycles. The molecule has 0 radical (unpaired) electrons. The molecule has 1 saturated carbocycles. The second kappa shape index (κ2) is 11.0. The molecule has 0 amide bonds. The van der Waals surface area contributed by atoms with Crippen molar-refractivity contribution in [3.8, 4) is 0 Å². The van der Waals surface area contributed by atoms with Gasteiger partial charge in [0.2, 0.25) is 5.83 Å². The summed E-state index contributed by atoms with van der Waals surface area (Å²) in [5.41, 5.74) is 0.171. The topological polar surface area (TPSA) is 9.23 Å². The zero-order valence-electron chi connectivity index (χ0n) is 19.2. The first-order valence-corrected chi connectivity index (χ1v) is 11.1. The number of hydrogen-bond donors (Lipinski definition) is 0. The molecule has 2 aliphatic rings. The van der Waals surface area contributed by atoms with Crippen molar-refractivity contribution in [2.75, 3.05) is 0 Å². The van der Waals surface area contributed by atoms with Crippen molar-refractivity contribution in [3.63, 3.8) is 0 Å². The van der Waals surface area contributed by atoms with Crippen LogP contribution in [0, 0.1) is 17.8 Å². The van der Waals surface area contributed by atoms with Gasteiger partial charge in [-0.1, -0.05) is 69.9 Å². The van der Waals surface area contributed by atoms with Crippen LogP contribution < -0.4 is 0 Å². The van der Waals surface area contributed by atoms with E-state index in [9.17, 15) is 17.6 Å². The molecule has 0 saturated heterocycles.